The first kappa shape index (κ1) is 22.3. The van der Waals surface area contributed by atoms with Crippen molar-refractivity contribution in [2.45, 2.75) is 59.2 Å². The summed E-state index contributed by atoms with van der Waals surface area (Å²) in [5, 5.41) is 0. The second-order valence-electron chi connectivity index (χ2n) is 8.78. The molecule has 0 spiro atoms. The highest BCUT2D eigenvalue weighted by molar-refractivity contribution is 5.78. The van der Waals surface area contributed by atoms with Gasteiger partial charge in [-0.2, -0.15) is 0 Å². The van der Waals surface area contributed by atoms with Crippen LogP contribution in [0.3, 0.4) is 0 Å². The van der Waals surface area contributed by atoms with Gasteiger partial charge in [-0.25, -0.2) is 4.39 Å². The summed E-state index contributed by atoms with van der Waals surface area (Å²) in [6, 6.07) is 13.1. The molecule has 1 aliphatic heterocycles. The Morgan fingerprint density at radius 3 is 2.47 bits per heavy atom. The fourth-order valence-corrected chi connectivity index (χ4v) is 4.06. The van der Waals surface area contributed by atoms with Gasteiger partial charge in [-0.1, -0.05) is 38.1 Å². The molecule has 1 fully saturated rings. The van der Waals surface area contributed by atoms with Gasteiger partial charge >= 0.3 is 0 Å². The van der Waals surface area contributed by atoms with Crippen molar-refractivity contribution in [3.05, 3.63) is 65.0 Å². The highest BCUT2D eigenvalue weighted by atomic mass is 19.1. The Hall–Kier alpha value is -2.40. The Bertz CT molecular complexity index is 866. The standard InChI is InChI=1S/C25H33FN2O2/c1-17(2)23-11-6-18(3)12-24(23)30-16-25(29)28-14-19(4)27(13-20(28)5)15-21-7-9-22(26)10-8-21/h6-12,17,19-20H,13-16H2,1-5H3/t19-,20+/m1/s1. The lowest BCUT2D eigenvalue weighted by Gasteiger charge is -2.44. The van der Waals surface area contributed by atoms with E-state index in [2.05, 4.69) is 44.7 Å². The lowest BCUT2D eigenvalue weighted by molar-refractivity contribution is -0.139. The summed E-state index contributed by atoms with van der Waals surface area (Å²) < 4.78 is 19.1. The molecule has 0 radical (unpaired) electrons. The van der Waals surface area contributed by atoms with Gasteiger partial charge in [-0.3, -0.25) is 9.69 Å². The molecule has 162 valence electrons. The van der Waals surface area contributed by atoms with Gasteiger partial charge in [0.1, 0.15) is 11.6 Å². The van der Waals surface area contributed by atoms with E-state index in [-0.39, 0.29) is 30.4 Å². The minimum absolute atomic E-state index is 0.0204. The predicted molar refractivity (Wildman–Crippen MR) is 118 cm³/mol. The summed E-state index contributed by atoms with van der Waals surface area (Å²) in [4.78, 5) is 17.2. The molecule has 0 unspecified atom stereocenters. The van der Waals surface area contributed by atoms with E-state index in [1.807, 2.05) is 30.0 Å². The third kappa shape index (κ3) is 5.39. The lowest BCUT2D eigenvalue weighted by Crippen LogP contribution is -2.58. The van der Waals surface area contributed by atoms with E-state index in [0.717, 1.165) is 35.5 Å². The molecular weight excluding hydrogens is 379 g/mol. The zero-order valence-electron chi connectivity index (χ0n) is 18.7. The van der Waals surface area contributed by atoms with E-state index >= 15 is 0 Å². The van der Waals surface area contributed by atoms with E-state index < -0.39 is 0 Å². The predicted octanol–water partition coefficient (Wildman–Crippen LogP) is 4.76. The van der Waals surface area contributed by atoms with E-state index in [4.69, 9.17) is 4.74 Å². The van der Waals surface area contributed by atoms with E-state index in [0.29, 0.717) is 12.5 Å². The third-order valence-corrected chi connectivity index (χ3v) is 5.88. The molecule has 1 heterocycles. The average molecular weight is 413 g/mol. The third-order valence-electron chi connectivity index (χ3n) is 5.88. The number of rotatable bonds is 6. The van der Waals surface area contributed by atoms with Gasteiger partial charge in [-0.15, -0.1) is 0 Å². The number of ether oxygens (including phenoxy) is 1. The Morgan fingerprint density at radius 2 is 1.80 bits per heavy atom. The Labute approximate surface area is 179 Å². The summed E-state index contributed by atoms with van der Waals surface area (Å²) in [5.74, 6) is 0.940. The smallest absolute Gasteiger partial charge is 0.260 e. The molecule has 0 aromatic heterocycles. The average Bonchev–Trinajstić information content (AvgIpc) is 2.70. The minimum Gasteiger partial charge on any atom is -0.483 e. The molecule has 3 rings (SSSR count). The first-order chi connectivity index (χ1) is 14.2. The van der Waals surface area contributed by atoms with Gasteiger partial charge in [-0.05, 0) is 61.6 Å². The summed E-state index contributed by atoms with van der Waals surface area (Å²) >= 11 is 0. The first-order valence-electron chi connectivity index (χ1n) is 10.8. The van der Waals surface area contributed by atoms with Crippen LogP contribution in [0.25, 0.3) is 0 Å². The molecule has 0 N–H and O–H groups in total. The van der Waals surface area contributed by atoms with Gasteiger partial charge in [0.2, 0.25) is 0 Å². The molecule has 2 aromatic rings. The number of benzene rings is 2. The van der Waals surface area contributed by atoms with Crippen molar-refractivity contribution >= 4 is 5.91 Å². The molecular formula is C25H33FN2O2. The molecule has 1 amide bonds. The van der Waals surface area contributed by atoms with Crippen molar-refractivity contribution in [1.82, 2.24) is 9.80 Å². The fraction of sp³-hybridized carbons (Fsp3) is 0.480. The Kier molecular flexibility index (Phi) is 7.14. The van der Waals surface area contributed by atoms with Crippen LogP contribution in [0.4, 0.5) is 4.39 Å². The van der Waals surface area contributed by atoms with Gasteiger partial charge < -0.3 is 9.64 Å². The number of hydrogen-bond donors (Lipinski definition) is 0. The molecule has 2 atom stereocenters. The molecule has 0 saturated carbocycles. The fourth-order valence-electron chi connectivity index (χ4n) is 4.06. The molecule has 1 aliphatic rings. The number of amides is 1. The van der Waals surface area contributed by atoms with Gasteiger partial charge in [0, 0.05) is 31.7 Å². The lowest BCUT2D eigenvalue weighted by atomic mass is 10.0. The number of hydrogen-bond acceptors (Lipinski definition) is 3. The maximum Gasteiger partial charge on any atom is 0.260 e. The second-order valence-corrected chi connectivity index (χ2v) is 8.78. The number of aryl methyl sites for hydroxylation is 1. The van der Waals surface area contributed by atoms with Crippen molar-refractivity contribution in [2.75, 3.05) is 19.7 Å². The normalized spacial score (nSPS) is 19.9. The van der Waals surface area contributed by atoms with Crippen molar-refractivity contribution in [1.29, 1.82) is 0 Å². The topological polar surface area (TPSA) is 32.8 Å². The van der Waals surface area contributed by atoms with Gasteiger partial charge in [0.15, 0.2) is 6.61 Å². The summed E-state index contributed by atoms with van der Waals surface area (Å²) in [5.41, 5.74) is 3.33. The SMILES string of the molecule is Cc1ccc(C(C)C)c(OCC(=O)N2C[C@@H](C)N(Cc3ccc(F)cc3)C[C@@H]2C)c1. The van der Waals surface area contributed by atoms with E-state index in [9.17, 15) is 9.18 Å². The van der Waals surface area contributed by atoms with Crippen LogP contribution in [0.5, 0.6) is 5.75 Å². The van der Waals surface area contributed by atoms with Crippen LogP contribution in [0.2, 0.25) is 0 Å². The Balaban J connectivity index is 1.60. The number of nitrogens with zero attached hydrogens (tertiary/aromatic N) is 2. The second kappa shape index (κ2) is 9.61. The number of carbonyl (C=O) groups excluding carboxylic acids is 1. The van der Waals surface area contributed by atoms with Crippen LogP contribution in [-0.2, 0) is 11.3 Å². The highest BCUT2D eigenvalue weighted by Crippen LogP contribution is 2.28. The highest BCUT2D eigenvalue weighted by Gasteiger charge is 2.32. The monoisotopic (exact) mass is 412 g/mol. The van der Waals surface area contributed by atoms with Crippen molar-refractivity contribution < 1.29 is 13.9 Å². The molecule has 0 aliphatic carbocycles. The van der Waals surface area contributed by atoms with Crippen LogP contribution in [0.1, 0.15) is 50.3 Å². The zero-order chi connectivity index (χ0) is 21.8. The molecule has 4 nitrogen and oxygen atoms in total. The van der Waals surface area contributed by atoms with Gasteiger partial charge in [0.05, 0.1) is 0 Å². The molecule has 0 bridgehead atoms. The van der Waals surface area contributed by atoms with Crippen LogP contribution in [-0.4, -0.2) is 47.5 Å². The summed E-state index contributed by atoms with van der Waals surface area (Å²) in [7, 11) is 0. The van der Waals surface area contributed by atoms with Crippen LogP contribution in [0.15, 0.2) is 42.5 Å². The number of piperazine rings is 1. The van der Waals surface area contributed by atoms with E-state index in [1.54, 1.807) is 0 Å². The van der Waals surface area contributed by atoms with Crippen molar-refractivity contribution in [3.8, 4) is 5.75 Å². The summed E-state index contributed by atoms with van der Waals surface area (Å²) in [6.07, 6.45) is 0. The van der Waals surface area contributed by atoms with Gasteiger partial charge in [0.25, 0.3) is 5.91 Å². The van der Waals surface area contributed by atoms with Crippen molar-refractivity contribution in [3.63, 3.8) is 0 Å². The molecule has 2 aromatic carbocycles. The maximum atomic E-state index is 13.2. The quantitative estimate of drug-likeness (QED) is 0.686. The van der Waals surface area contributed by atoms with Crippen molar-refractivity contribution in [2.24, 2.45) is 0 Å². The molecule has 30 heavy (non-hydrogen) atoms. The zero-order valence-corrected chi connectivity index (χ0v) is 18.7. The number of halogens is 1. The Morgan fingerprint density at radius 1 is 1.10 bits per heavy atom. The maximum absolute atomic E-state index is 13.2. The summed E-state index contributed by atoms with van der Waals surface area (Å²) in [6.45, 7) is 12.8. The minimum atomic E-state index is -0.218. The van der Waals surface area contributed by atoms with Crippen LogP contribution < -0.4 is 4.74 Å². The molecule has 5 heteroatoms. The number of carbonyl (C=O) groups is 1. The first-order valence-corrected chi connectivity index (χ1v) is 10.8. The molecule has 1 saturated heterocycles. The van der Waals surface area contributed by atoms with Crippen LogP contribution >= 0.6 is 0 Å². The van der Waals surface area contributed by atoms with E-state index in [1.165, 1.54) is 12.1 Å². The largest absolute Gasteiger partial charge is 0.483 e. The van der Waals surface area contributed by atoms with Crippen LogP contribution in [0, 0.1) is 12.7 Å².